The van der Waals surface area contributed by atoms with Crippen LogP contribution in [0.5, 0.6) is 0 Å². The van der Waals surface area contributed by atoms with Crippen LogP contribution in [-0.2, 0) is 13.0 Å². The lowest BCUT2D eigenvalue weighted by Gasteiger charge is -2.28. The number of nitrogens with zero attached hydrogens (tertiary/aromatic N) is 1. The number of likely N-dealkylation sites (N-methyl/N-ethyl adjacent to an activating group) is 1. The van der Waals surface area contributed by atoms with Gasteiger partial charge in [0.15, 0.2) is 0 Å². The fourth-order valence-corrected chi connectivity index (χ4v) is 2.26. The highest BCUT2D eigenvalue weighted by Gasteiger charge is 2.15. The third-order valence-electron chi connectivity index (χ3n) is 3.44. The normalized spacial score (nSPS) is 15.2. The maximum atomic E-state index is 2.52. The lowest BCUT2D eigenvalue weighted by molar-refractivity contribution is 0.268. The number of fused-ring (bicyclic) bond motifs is 1. The van der Waals surface area contributed by atoms with Gasteiger partial charge in [0.1, 0.15) is 0 Å². The van der Waals surface area contributed by atoms with E-state index in [-0.39, 0.29) is 0 Å². The molecule has 1 heteroatoms. The van der Waals surface area contributed by atoms with E-state index in [2.05, 4.69) is 43.9 Å². The summed E-state index contributed by atoms with van der Waals surface area (Å²) < 4.78 is 0. The van der Waals surface area contributed by atoms with Crippen LogP contribution in [0.4, 0.5) is 0 Å². The molecule has 2 rings (SSSR count). The van der Waals surface area contributed by atoms with Gasteiger partial charge in [-0.05, 0) is 35.6 Å². The van der Waals surface area contributed by atoms with Gasteiger partial charge in [0.05, 0.1) is 0 Å². The van der Waals surface area contributed by atoms with Gasteiger partial charge in [-0.3, -0.25) is 4.90 Å². The lowest BCUT2D eigenvalue weighted by Crippen LogP contribution is -2.30. The first-order chi connectivity index (χ1) is 8.20. The van der Waals surface area contributed by atoms with E-state index in [0.717, 1.165) is 6.54 Å². The fraction of sp³-hybridized carbons (Fsp3) is 0.625. The van der Waals surface area contributed by atoms with Crippen molar-refractivity contribution in [2.45, 2.75) is 53.5 Å². The molecule has 96 valence electrons. The van der Waals surface area contributed by atoms with E-state index in [4.69, 9.17) is 0 Å². The highest BCUT2D eigenvalue weighted by atomic mass is 15.1. The zero-order chi connectivity index (χ0) is 12.8. The molecule has 0 unspecified atom stereocenters. The first-order valence-corrected chi connectivity index (χ1v) is 7.04. The van der Waals surface area contributed by atoms with E-state index in [1.165, 1.54) is 25.1 Å². The van der Waals surface area contributed by atoms with Gasteiger partial charge in [-0.1, -0.05) is 52.8 Å². The van der Waals surface area contributed by atoms with Crippen molar-refractivity contribution in [3.63, 3.8) is 0 Å². The Morgan fingerprint density at radius 1 is 1.18 bits per heavy atom. The van der Waals surface area contributed by atoms with E-state index in [1.807, 2.05) is 13.8 Å². The van der Waals surface area contributed by atoms with Gasteiger partial charge in [0, 0.05) is 13.1 Å². The second-order valence-corrected chi connectivity index (χ2v) is 4.80. The van der Waals surface area contributed by atoms with Crippen molar-refractivity contribution in [1.29, 1.82) is 0 Å². The number of hydrogen-bond donors (Lipinski definition) is 0. The summed E-state index contributed by atoms with van der Waals surface area (Å²) in [4.78, 5) is 2.52. The first-order valence-electron chi connectivity index (χ1n) is 7.04. The first kappa shape index (κ1) is 14.2. The third kappa shape index (κ3) is 3.57. The molecular formula is C16H27N. The summed E-state index contributed by atoms with van der Waals surface area (Å²) in [5.41, 5.74) is 4.59. The summed E-state index contributed by atoms with van der Waals surface area (Å²) in [6.07, 6.45) is 1.22. The van der Waals surface area contributed by atoms with Gasteiger partial charge in [-0.2, -0.15) is 0 Å². The van der Waals surface area contributed by atoms with Crippen LogP contribution >= 0.6 is 0 Å². The van der Waals surface area contributed by atoms with Crippen LogP contribution in [0.2, 0.25) is 0 Å². The Kier molecular flexibility index (Phi) is 5.70. The van der Waals surface area contributed by atoms with Crippen LogP contribution in [0.3, 0.4) is 0 Å². The van der Waals surface area contributed by atoms with Crippen molar-refractivity contribution >= 4 is 0 Å². The molecule has 0 N–H and O–H groups in total. The summed E-state index contributed by atoms with van der Waals surface area (Å²) in [6.45, 7) is 14.3. The molecule has 1 nitrogen and oxygen atoms in total. The summed E-state index contributed by atoms with van der Waals surface area (Å²) in [5.74, 6) is 0.646. The van der Waals surface area contributed by atoms with Crippen LogP contribution in [0.15, 0.2) is 18.2 Å². The average Bonchev–Trinajstić information content (AvgIpc) is 2.39. The molecule has 0 spiro atoms. The molecule has 1 aliphatic rings. The zero-order valence-corrected chi connectivity index (χ0v) is 12.1. The summed E-state index contributed by atoms with van der Waals surface area (Å²) in [5, 5.41) is 0. The molecule has 0 fully saturated rings. The Morgan fingerprint density at radius 3 is 2.47 bits per heavy atom. The Bertz CT molecular complexity index is 341. The largest absolute Gasteiger partial charge is 0.299 e. The highest BCUT2D eigenvalue weighted by Crippen LogP contribution is 2.23. The van der Waals surface area contributed by atoms with Gasteiger partial charge in [-0.25, -0.2) is 0 Å². The molecule has 0 atom stereocenters. The second-order valence-electron chi connectivity index (χ2n) is 4.80. The Labute approximate surface area is 107 Å². The average molecular weight is 233 g/mol. The van der Waals surface area contributed by atoms with E-state index < -0.39 is 0 Å². The van der Waals surface area contributed by atoms with Crippen molar-refractivity contribution in [1.82, 2.24) is 4.90 Å². The topological polar surface area (TPSA) is 3.24 Å². The molecule has 1 aliphatic heterocycles. The van der Waals surface area contributed by atoms with Crippen LogP contribution < -0.4 is 0 Å². The van der Waals surface area contributed by atoms with Crippen molar-refractivity contribution in [3.8, 4) is 0 Å². The monoisotopic (exact) mass is 233 g/mol. The van der Waals surface area contributed by atoms with E-state index in [0.29, 0.717) is 5.92 Å². The van der Waals surface area contributed by atoms with Crippen LogP contribution in [0, 0.1) is 0 Å². The van der Waals surface area contributed by atoms with Crippen molar-refractivity contribution < 1.29 is 0 Å². The smallest absolute Gasteiger partial charge is 0.0236 e. The minimum Gasteiger partial charge on any atom is -0.299 e. The van der Waals surface area contributed by atoms with Gasteiger partial charge >= 0.3 is 0 Å². The molecule has 0 amide bonds. The SMILES string of the molecule is CC.CCN1CCc2ccc(C(C)C)cc2C1. The Morgan fingerprint density at radius 2 is 1.88 bits per heavy atom. The summed E-state index contributed by atoms with van der Waals surface area (Å²) >= 11 is 0. The fourth-order valence-electron chi connectivity index (χ4n) is 2.26. The number of rotatable bonds is 2. The van der Waals surface area contributed by atoms with Gasteiger partial charge in [-0.15, -0.1) is 0 Å². The number of hydrogen-bond acceptors (Lipinski definition) is 1. The molecule has 0 bridgehead atoms. The molecule has 1 aromatic rings. The second kappa shape index (κ2) is 6.80. The maximum absolute atomic E-state index is 2.52. The Balaban J connectivity index is 0.000000686. The van der Waals surface area contributed by atoms with Crippen LogP contribution in [-0.4, -0.2) is 18.0 Å². The standard InChI is InChI=1S/C14H21N.C2H6/c1-4-15-8-7-12-5-6-13(11(2)3)9-14(12)10-15;1-2/h5-6,9,11H,4,7-8,10H2,1-3H3;1-2H3. The molecule has 0 aromatic heterocycles. The van der Waals surface area contributed by atoms with Crippen molar-refractivity contribution in [2.75, 3.05) is 13.1 Å². The molecule has 0 aliphatic carbocycles. The number of benzene rings is 1. The summed E-state index contributed by atoms with van der Waals surface area (Å²) in [7, 11) is 0. The molecule has 0 saturated carbocycles. The Hall–Kier alpha value is -0.820. The van der Waals surface area contributed by atoms with E-state index >= 15 is 0 Å². The quantitative estimate of drug-likeness (QED) is 0.739. The predicted molar refractivity (Wildman–Crippen MR) is 76.5 cm³/mol. The minimum absolute atomic E-state index is 0.646. The molecule has 1 aromatic carbocycles. The van der Waals surface area contributed by atoms with E-state index in [1.54, 1.807) is 11.1 Å². The van der Waals surface area contributed by atoms with Crippen LogP contribution in [0.1, 0.15) is 57.2 Å². The zero-order valence-electron chi connectivity index (χ0n) is 12.1. The molecule has 17 heavy (non-hydrogen) atoms. The predicted octanol–water partition coefficient (Wildman–Crippen LogP) is 4.21. The third-order valence-corrected chi connectivity index (χ3v) is 3.44. The van der Waals surface area contributed by atoms with Crippen molar-refractivity contribution in [2.24, 2.45) is 0 Å². The van der Waals surface area contributed by atoms with Gasteiger partial charge < -0.3 is 0 Å². The van der Waals surface area contributed by atoms with Gasteiger partial charge in [0.25, 0.3) is 0 Å². The molecular weight excluding hydrogens is 206 g/mol. The van der Waals surface area contributed by atoms with Crippen LogP contribution in [0.25, 0.3) is 0 Å². The lowest BCUT2D eigenvalue weighted by atomic mass is 9.93. The minimum atomic E-state index is 0.646. The summed E-state index contributed by atoms with van der Waals surface area (Å²) in [6, 6.07) is 7.03. The molecule has 0 saturated heterocycles. The van der Waals surface area contributed by atoms with Crippen molar-refractivity contribution in [3.05, 3.63) is 34.9 Å². The highest BCUT2D eigenvalue weighted by molar-refractivity contribution is 5.35. The molecule has 0 radical (unpaired) electrons. The molecule has 1 heterocycles. The maximum Gasteiger partial charge on any atom is 0.0236 e. The van der Waals surface area contributed by atoms with Gasteiger partial charge in [0.2, 0.25) is 0 Å². The van der Waals surface area contributed by atoms with E-state index in [9.17, 15) is 0 Å².